The molecule has 2 aromatic rings. The van der Waals surface area contributed by atoms with Gasteiger partial charge in [0.25, 0.3) is 5.91 Å². The number of nitrogens with zero attached hydrogens (tertiary/aromatic N) is 1. The summed E-state index contributed by atoms with van der Waals surface area (Å²) in [6.07, 6.45) is 4.27. The van der Waals surface area contributed by atoms with E-state index in [2.05, 4.69) is 17.5 Å². The van der Waals surface area contributed by atoms with Crippen LogP contribution in [-0.2, 0) is 0 Å². The fourth-order valence-electron chi connectivity index (χ4n) is 2.44. The quantitative estimate of drug-likeness (QED) is 0.449. The molecule has 0 bridgehead atoms. The lowest BCUT2D eigenvalue weighted by molar-refractivity contribution is 0.0954. The van der Waals surface area contributed by atoms with E-state index >= 15 is 0 Å². The zero-order valence-corrected chi connectivity index (χ0v) is 13.9. The minimum atomic E-state index is -0.160. The van der Waals surface area contributed by atoms with Crippen LogP contribution in [0.4, 0.5) is 0 Å². The van der Waals surface area contributed by atoms with Crippen LogP contribution in [0.15, 0.2) is 59.7 Å². The van der Waals surface area contributed by atoms with Crippen LogP contribution < -0.4 is 5.43 Å². The fourth-order valence-corrected chi connectivity index (χ4v) is 2.44. The molecule has 23 heavy (non-hydrogen) atoms. The van der Waals surface area contributed by atoms with Gasteiger partial charge in [0.1, 0.15) is 0 Å². The number of nitrogens with one attached hydrogen (secondary N) is 1. The average molecular weight is 308 g/mol. The Morgan fingerprint density at radius 2 is 1.70 bits per heavy atom. The van der Waals surface area contributed by atoms with Crippen LogP contribution in [0.1, 0.15) is 54.1 Å². The van der Waals surface area contributed by atoms with E-state index in [9.17, 15) is 4.79 Å². The number of hydrazone groups is 1. The summed E-state index contributed by atoms with van der Waals surface area (Å²) in [5.41, 5.74) is 6.32. The second-order valence-electron chi connectivity index (χ2n) is 5.64. The molecule has 0 aromatic heterocycles. The lowest BCUT2D eigenvalue weighted by atomic mass is 10.0. The van der Waals surface area contributed by atoms with Crippen LogP contribution >= 0.6 is 0 Å². The van der Waals surface area contributed by atoms with E-state index in [0.29, 0.717) is 5.56 Å². The third-order valence-corrected chi connectivity index (χ3v) is 3.81. The van der Waals surface area contributed by atoms with Crippen molar-refractivity contribution < 1.29 is 4.79 Å². The van der Waals surface area contributed by atoms with Gasteiger partial charge in [-0.3, -0.25) is 4.79 Å². The van der Waals surface area contributed by atoms with Crippen LogP contribution in [-0.4, -0.2) is 11.6 Å². The molecule has 1 N–H and O–H groups in total. The van der Waals surface area contributed by atoms with Gasteiger partial charge in [0, 0.05) is 5.56 Å². The smallest absolute Gasteiger partial charge is 0.267 e. The molecule has 0 atom stereocenters. The monoisotopic (exact) mass is 308 g/mol. The van der Waals surface area contributed by atoms with E-state index in [-0.39, 0.29) is 5.91 Å². The lowest BCUT2D eigenvalue weighted by Crippen LogP contribution is -2.21. The molecule has 3 nitrogen and oxygen atoms in total. The standard InChI is InChI=1S/C20H24N2O/c1-3-4-6-15-19(17-12-7-5-8-13-17)21-22-20(23)18-14-10-9-11-16(18)2/h5,7-14H,3-4,6,15H2,1-2H3,(H,22,23)/b21-19+. The molecule has 2 aromatic carbocycles. The lowest BCUT2D eigenvalue weighted by Gasteiger charge is -2.08. The Hall–Kier alpha value is -2.42. The molecule has 0 aliphatic carbocycles. The Morgan fingerprint density at radius 1 is 1.00 bits per heavy atom. The van der Waals surface area contributed by atoms with Gasteiger partial charge in [-0.1, -0.05) is 68.3 Å². The van der Waals surface area contributed by atoms with Gasteiger partial charge < -0.3 is 0 Å². The van der Waals surface area contributed by atoms with Gasteiger partial charge in [-0.2, -0.15) is 5.10 Å². The largest absolute Gasteiger partial charge is 0.271 e. The Balaban J connectivity index is 2.13. The molecule has 0 saturated heterocycles. The zero-order chi connectivity index (χ0) is 16.5. The van der Waals surface area contributed by atoms with Crippen LogP contribution in [0.5, 0.6) is 0 Å². The predicted octanol–water partition coefficient (Wildman–Crippen LogP) is 4.71. The van der Waals surface area contributed by atoms with Crippen molar-refractivity contribution in [1.82, 2.24) is 5.43 Å². The van der Waals surface area contributed by atoms with Gasteiger partial charge in [0.2, 0.25) is 0 Å². The van der Waals surface area contributed by atoms with E-state index in [1.807, 2.05) is 61.5 Å². The number of amides is 1. The maximum Gasteiger partial charge on any atom is 0.271 e. The minimum Gasteiger partial charge on any atom is -0.267 e. The number of hydrogen-bond donors (Lipinski definition) is 1. The van der Waals surface area contributed by atoms with Crippen LogP contribution in [0.2, 0.25) is 0 Å². The van der Waals surface area contributed by atoms with E-state index < -0.39 is 0 Å². The Labute approximate surface area is 138 Å². The molecular formula is C20H24N2O. The maximum absolute atomic E-state index is 12.3. The maximum atomic E-state index is 12.3. The van der Waals surface area contributed by atoms with Crippen molar-refractivity contribution in [2.75, 3.05) is 0 Å². The topological polar surface area (TPSA) is 41.5 Å². The Morgan fingerprint density at radius 3 is 2.39 bits per heavy atom. The molecule has 0 heterocycles. The summed E-state index contributed by atoms with van der Waals surface area (Å²) in [5, 5.41) is 4.40. The molecule has 0 spiro atoms. The van der Waals surface area contributed by atoms with Gasteiger partial charge in [-0.15, -0.1) is 0 Å². The second-order valence-corrected chi connectivity index (χ2v) is 5.64. The summed E-state index contributed by atoms with van der Waals surface area (Å²) in [5.74, 6) is -0.160. The zero-order valence-electron chi connectivity index (χ0n) is 13.9. The van der Waals surface area contributed by atoms with E-state index in [1.165, 1.54) is 0 Å². The molecule has 0 fully saturated rings. The number of carbonyl (C=O) groups is 1. The van der Waals surface area contributed by atoms with Crippen molar-refractivity contribution in [2.45, 2.75) is 39.5 Å². The summed E-state index contributed by atoms with van der Waals surface area (Å²) in [6, 6.07) is 17.6. The van der Waals surface area contributed by atoms with Gasteiger partial charge in [-0.05, 0) is 37.0 Å². The van der Waals surface area contributed by atoms with Crippen molar-refractivity contribution in [2.24, 2.45) is 5.10 Å². The summed E-state index contributed by atoms with van der Waals surface area (Å²) in [4.78, 5) is 12.3. The number of rotatable bonds is 7. The van der Waals surface area contributed by atoms with Crippen LogP contribution in [0, 0.1) is 6.92 Å². The van der Waals surface area contributed by atoms with E-state index in [4.69, 9.17) is 0 Å². The summed E-state index contributed by atoms with van der Waals surface area (Å²) in [7, 11) is 0. The molecule has 3 heteroatoms. The van der Waals surface area contributed by atoms with Gasteiger partial charge in [-0.25, -0.2) is 5.43 Å². The third kappa shape index (κ3) is 5.06. The molecule has 0 unspecified atom stereocenters. The molecule has 2 rings (SSSR count). The average Bonchev–Trinajstić information content (AvgIpc) is 2.59. The number of carbonyl (C=O) groups excluding carboxylic acids is 1. The molecule has 0 aliphatic heterocycles. The summed E-state index contributed by atoms with van der Waals surface area (Å²) < 4.78 is 0. The molecule has 120 valence electrons. The third-order valence-electron chi connectivity index (χ3n) is 3.81. The van der Waals surface area contributed by atoms with Gasteiger partial charge >= 0.3 is 0 Å². The summed E-state index contributed by atoms with van der Waals surface area (Å²) in [6.45, 7) is 4.11. The van der Waals surface area contributed by atoms with Crippen LogP contribution in [0.25, 0.3) is 0 Å². The van der Waals surface area contributed by atoms with Crippen molar-refractivity contribution in [3.63, 3.8) is 0 Å². The van der Waals surface area contributed by atoms with E-state index in [1.54, 1.807) is 0 Å². The number of hydrogen-bond acceptors (Lipinski definition) is 2. The SMILES string of the molecule is CCCCC/C(=N\NC(=O)c1ccccc1C)c1ccccc1. The van der Waals surface area contributed by atoms with Crippen molar-refractivity contribution >= 4 is 11.6 Å². The van der Waals surface area contributed by atoms with Crippen molar-refractivity contribution in [1.29, 1.82) is 0 Å². The highest BCUT2D eigenvalue weighted by Crippen LogP contribution is 2.10. The second kappa shape index (κ2) is 8.89. The highest BCUT2D eigenvalue weighted by molar-refractivity contribution is 6.02. The first-order chi connectivity index (χ1) is 11.2. The van der Waals surface area contributed by atoms with Crippen LogP contribution in [0.3, 0.4) is 0 Å². The molecule has 0 radical (unpaired) electrons. The minimum absolute atomic E-state index is 0.160. The normalized spacial score (nSPS) is 11.3. The highest BCUT2D eigenvalue weighted by Gasteiger charge is 2.09. The molecule has 0 aliphatic rings. The predicted molar refractivity (Wildman–Crippen MR) is 95.8 cm³/mol. The van der Waals surface area contributed by atoms with Crippen molar-refractivity contribution in [3.05, 3.63) is 71.3 Å². The van der Waals surface area contributed by atoms with Gasteiger partial charge in [0.15, 0.2) is 0 Å². The highest BCUT2D eigenvalue weighted by atomic mass is 16.2. The molecule has 0 saturated carbocycles. The number of aryl methyl sites for hydroxylation is 1. The van der Waals surface area contributed by atoms with E-state index in [0.717, 1.165) is 42.5 Å². The first kappa shape index (κ1) is 16.9. The molecule has 1 amide bonds. The van der Waals surface area contributed by atoms with Crippen molar-refractivity contribution in [3.8, 4) is 0 Å². The first-order valence-corrected chi connectivity index (χ1v) is 8.20. The Kier molecular flexibility index (Phi) is 6.55. The Bertz CT molecular complexity index is 662. The molecular weight excluding hydrogens is 284 g/mol. The number of unbranched alkanes of at least 4 members (excludes halogenated alkanes) is 2. The van der Waals surface area contributed by atoms with Gasteiger partial charge in [0.05, 0.1) is 5.71 Å². The summed E-state index contributed by atoms with van der Waals surface area (Å²) >= 11 is 0. The first-order valence-electron chi connectivity index (χ1n) is 8.20. The fraction of sp³-hybridized carbons (Fsp3) is 0.300. The number of benzene rings is 2.